The van der Waals surface area contributed by atoms with Crippen molar-refractivity contribution in [2.75, 3.05) is 17.1 Å². The first-order valence-electron chi connectivity index (χ1n) is 13.1. The summed E-state index contributed by atoms with van der Waals surface area (Å²) in [5, 5.41) is 3.10. The lowest BCUT2D eigenvalue weighted by molar-refractivity contribution is -0.141. The van der Waals surface area contributed by atoms with Crippen LogP contribution in [0.25, 0.3) is 0 Å². The van der Waals surface area contributed by atoms with Gasteiger partial charge in [0.25, 0.3) is 0 Å². The van der Waals surface area contributed by atoms with Gasteiger partial charge >= 0.3 is 0 Å². The highest BCUT2D eigenvalue weighted by molar-refractivity contribution is 7.92. The number of halogens is 2. The third kappa shape index (κ3) is 7.99. The molecule has 0 aromatic heterocycles. The normalized spacial score (nSPS) is 14.8. The van der Waals surface area contributed by atoms with Crippen LogP contribution in [0.3, 0.4) is 0 Å². The molecule has 0 aliphatic heterocycles. The number of carbonyl (C=O) groups excluding carboxylic acids is 2. The van der Waals surface area contributed by atoms with E-state index in [0.717, 1.165) is 59.5 Å². The Morgan fingerprint density at radius 3 is 2.29 bits per heavy atom. The Balaban J connectivity index is 1.76. The van der Waals surface area contributed by atoms with E-state index in [2.05, 4.69) is 5.32 Å². The van der Waals surface area contributed by atoms with Crippen LogP contribution in [-0.2, 0) is 26.2 Å². The third-order valence-electron chi connectivity index (χ3n) is 6.90. The molecular formula is C28H37F2N3O4S. The molecule has 1 atom stereocenters. The van der Waals surface area contributed by atoms with Crippen LogP contribution in [0.1, 0.15) is 63.0 Å². The molecule has 1 fully saturated rings. The summed E-state index contributed by atoms with van der Waals surface area (Å²) in [6.07, 6.45) is 5.52. The van der Waals surface area contributed by atoms with E-state index < -0.39 is 27.7 Å². The molecule has 1 N–H and O–H groups in total. The maximum Gasteiger partial charge on any atom is 0.243 e. The predicted octanol–water partition coefficient (Wildman–Crippen LogP) is 4.69. The summed E-state index contributed by atoms with van der Waals surface area (Å²) in [4.78, 5) is 28.3. The summed E-state index contributed by atoms with van der Waals surface area (Å²) >= 11 is 0. The number of hydrogen-bond donors (Lipinski definition) is 1. The zero-order valence-corrected chi connectivity index (χ0v) is 23.1. The lowest BCUT2D eigenvalue weighted by Gasteiger charge is -2.32. The standard InChI is InChI=1S/C28H37F2N3O4S/c1-4-26(28(35)31-22-8-5-6-9-22)32(19-21-13-11-20(2)12-14-21)27(34)10-7-17-33(38(3,36)37)23-15-16-24(29)25(30)18-23/h11-16,18,22,26H,4-10,17,19H2,1-3H3,(H,31,35)/t26-/m1/s1. The highest BCUT2D eigenvalue weighted by atomic mass is 32.2. The number of hydrogen-bond acceptors (Lipinski definition) is 4. The highest BCUT2D eigenvalue weighted by Crippen LogP contribution is 2.23. The first-order valence-corrected chi connectivity index (χ1v) is 14.9. The average Bonchev–Trinajstić information content (AvgIpc) is 3.37. The van der Waals surface area contributed by atoms with Gasteiger partial charge in [0.1, 0.15) is 6.04 Å². The van der Waals surface area contributed by atoms with Crippen LogP contribution >= 0.6 is 0 Å². The Hall–Kier alpha value is -3.01. The number of amides is 2. The van der Waals surface area contributed by atoms with Crippen LogP contribution in [0.15, 0.2) is 42.5 Å². The fourth-order valence-electron chi connectivity index (χ4n) is 4.82. The summed E-state index contributed by atoms with van der Waals surface area (Å²) in [6.45, 7) is 3.98. The zero-order chi connectivity index (χ0) is 27.9. The van der Waals surface area contributed by atoms with E-state index in [4.69, 9.17) is 0 Å². The second-order valence-electron chi connectivity index (χ2n) is 9.96. The smallest absolute Gasteiger partial charge is 0.243 e. The molecule has 3 rings (SSSR count). The summed E-state index contributed by atoms with van der Waals surface area (Å²) in [5.74, 6) is -2.70. The third-order valence-corrected chi connectivity index (χ3v) is 8.10. The Kier molecular flexibility index (Phi) is 10.2. The van der Waals surface area contributed by atoms with Crippen LogP contribution in [0.2, 0.25) is 0 Å². The van der Waals surface area contributed by atoms with E-state index in [-0.39, 0.29) is 49.5 Å². The topological polar surface area (TPSA) is 86.8 Å². The molecule has 2 amide bonds. The fourth-order valence-corrected chi connectivity index (χ4v) is 5.78. The van der Waals surface area contributed by atoms with Gasteiger partial charge in [-0.15, -0.1) is 0 Å². The lowest BCUT2D eigenvalue weighted by Crippen LogP contribution is -2.51. The molecular weight excluding hydrogens is 512 g/mol. The molecule has 38 heavy (non-hydrogen) atoms. The summed E-state index contributed by atoms with van der Waals surface area (Å²) in [6, 6.07) is 10.1. The van der Waals surface area contributed by atoms with Crippen molar-refractivity contribution < 1.29 is 26.8 Å². The first kappa shape index (κ1) is 29.5. The van der Waals surface area contributed by atoms with Crippen molar-refractivity contribution in [1.82, 2.24) is 10.2 Å². The van der Waals surface area contributed by atoms with Gasteiger partial charge in [-0.2, -0.15) is 0 Å². The number of nitrogens with zero attached hydrogens (tertiary/aromatic N) is 2. The first-order chi connectivity index (χ1) is 18.0. The van der Waals surface area contributed by atoms with Crippen molar-refractivity contribution in [1.29, 1.82) is 0 Å². The molecule has 208 valence electrons. The van der Waals surface area contributed by atoms with Gasteiger partial charge in [-0.1, -0.05) is 49.6 Å². The van der Waals surface area contributed by atoms with Crippen molar-refractivity contribution in [3.05, 3.63) is 65.2 Å². The number of sulfonamides is 1. The monoisotopic (exact) mass is 549 g/mol. The molecule has 1 aliphatic carbocycles. The van der Waals surface area contributed by atoms with Gasteiger partial charge in [0, 0.05) is 31.6 Å². The molecule has 1 aliphatic rings. The van der Waals surface area contributed by atoms with Crippen LogP contribution in [0.4, 0.5) is 14.5 Å². The number of anilines is 1. The van der Waals surface area contributed by atoms with Gasteiger partial charge in [0.05, 0.1) is 11.9 Å². The zero-order valence-electron chi connectivity index (χ0n) is 22.3. The van der Waals surface area contributed by atoms with Gasteiger partial charge in [0.15, 0.2) is 11.6 Å². The number of benzene rings is 2. The van der Waals surface area contributed by atoms with Gasteiger partial charge in [-0.25, -0.2) is 17.2 Å². The van der Waals surface area contributed by atoms with Crippen LogP contribution < -0.4 is 9.62 Å². The summed E-state index contributed by atoms with van der Waals surface area (Å²) in [5.41, 5.74) is 1.95. The Morgan fingerprint density at radius 2 is 1.71 bits per heavy atom. The molecule has 0 spiro atoms. The van der Waals surface area contributed by atoms with E-state index in [9.17, 15) is 26.8 Å². The minimum atomic E-state index is -3.81. The second-order valence-corrected chi connectivity index (χ2v) is 11.9. The van der Waals surface area contributed by atoms with Crippen molar-refractivity contribution in [2.24, 2.45) is 0 Å². The molecule has 0 heterocycles. The van der Waals surface area contributed by atoms with Crippen LogP contribution in [0.5, 0.6) is 0 Å². The maximum atomic E-state index is 13.8. The number of nitrogens with one attached hydrogen (secondary N) is 1. The highest BCUT2D eigenvalue weighted by Gasteiger charge is 2.30. The quantitative estimate of drug-likeness (QED) is 0.416. The Morgan fingerprint density at radius 1 is 1.05 bits per heavy atom. The minimum absolute atomic E-state index is 0.0160. The second kappa shape index (κ2) is 13.2. The summed E-state index contributed by atoms with van der Waals surface area (Å²) < 4.78 is 52.9. The molecule has 2 aromatic carbocycles. The van der Waals surface area contributed by atoms with Crippen molar-refractivity contribution >= 4 is 27.5 Å². The number of aryl methyl sites for hydroxylation is 1. The number of rotatable bonds is 12. The summed E-state index contributed by atoms with van der Waals surface area (Å²) in [7, 11) is -3.81. The Bertz CT molecular complexity index is 1220. The lowest BCUT2D eigenvalue weighted by atomic mass is 10.1. The predicted molar refractivity (Wildman–Crippen MR) is 144 cm³/mol. The Labute approximate surface area is 224 Å². The molecule has 1 saturated carbocycles. The van der Waals surface area contributed by atoms with Crippen molar-refractivity contribution in [2.45, 2.75) is 77.4 Å². The van der Waals surface area contributed by atoms with Crippen LogP contribution in [0, 0.1) is 18.6 Å². The van der Waals surface area contributed by atoms with Crippen LogP contribution in [-0.4, -0.2) is 50.0 Å². The van der Waals surface area contributed by atoms with Gasteiger partial charge in [-0.3, -0.25) is 13.9 Å². The fraction of sp³-hybridized carbons (Fsp3) is 0.500. The largest absolute Gasteiger partial charge is 0.352 e. The molecule has 0 unspecified atom stereocenters. The van der Waals surface area contributed by atoms with Crippen molar-refractivity contribution in [3.8, 4) is 0 Å². The van der Waals surface area contributed by atoms with E-state index in [1.165, 1.54) is 6.07 Å². The molecule has 2 aromatic rings. The average molecular weight is 550 g/mol. The molecule has 7 nitrogen and oxygen atoms in total. The SMILES string of the molecule is CC[C@H](C(=O)NC1CCCC1)N(Cc1ccc(C)cc1)C(=O)CCCN(c1ccc(F)c(F)c1)S(C)(=O)=O. The van der Waals surface area contributed by atoms with E-state index >= 15 is 0 Å². The molecule has 0 saturated heterocycles. The van der Waals surface area contributed by atoms with E-state index in [0.29, 0.717) is 6.42 Å². The molecule has 0 radical (unpaired) electrons. The van der Waals surface area contributed by atoms with Gasteiger partial charge in [-0.05, 0) is 50.3 Å². The molecule has 0 bridgehead atoms. The van der Waals surface area contributed by atoms with Gasteiger partial charge < -0.3 is 10.2 Å². The minimum Gasteiger partial charge on any atom is -0.352 e. The number of carbonyl (C=O) groups is 2. The van der Waals surface area contributed by atoms with E-state index in [1.807, 2.05) is 38.1 Å². The van der Waals surface area contributed by atoms with Crippen molar-refractivity contribution in [3.63, 3.8) is 0 Å². The van der Waals surface area contributed by atoms with E-state index in [1.54, 1.807) is 4.90 Å². The maximum absolute atomic E-state index is 13.8. The molecule has 10 heteroatoms. The van der Waals surface area contributed by atoms with Gasteiger partial charge in [0.2, 0.25) is 21.8 Å².